The van der Waals surface area contributed by atoms with Gasteiger partial charge in [0, 0.05) is 0 Å². The average Bonchev–Trinajstić information content (AvgIpc) is 2.77. The first-order valence-corrected chi connectivity index (χ1v) is 8.57. The zero-order valence-corrected chi connectivity index (χ0v) is 12.9. The zero-order chi connectivity index (χ0) is 14.7. The van der Waals surface area contributed by atoms with Gasteiger partial charge in [0.1, 0.15) is 5.82 Å². The lowest BCUT2D eigenvalue weighted by atomic mass is 10.0. The van der Waals surface area contributed by atoms with Crippen molar-refractivity contribution < 1.29 is 12.8 Å². The second kappa shape index (κ2) is 4.14. The number of nitrogens with one attached hydrogen (secondary N) is 1. The molecule has 3 rings (SSSR count). The number of hydrogen-bond acceptors (Lipinski definition) is 3. The number of benzene rings is 1. The fourth-order valence-electron chi connectivity index (χ4n) is 2.94. The van der Waals surface area contributed by atoms with Gasteiger partial charge < -0.3 is 9.55 Å². The van der Waals surface area contributed by atoms with Gasteiger partial charge in [-0.25, -0.2) is 12.8 Å². The first kappa shape index (κ1) is 13.8. The maximum atomic E-state index is 13.6. The van der Waals surface area contributed by atoms with E-state index in [1.165, 1.54) is 6.07 Å². The quantitative estimate of drug-likeness (QED) is 0.823. The number of halogens is 1. The lowest BCUT2D eigenvalue weighted by Gasteiger charge is -2.25. The van der Waals surface area contributed by atoms with Crippen LogP contribution in [0, 0.1) is 17.5 Å². The van der Waals surface area contributed by atoms with E-state index in [2.05, 4.69) is 4.98 Å². The lowest BCUT2D eigenvalue weighted by molar-refractivity contribution is 0.372. The molecular weight excluding hydrogens is 299 g/mol. The molecule has 1 saturated heterocycles. The summed E-state index contributed by atoms with van der Waals surface area (Å²) in [6.07, 6.45) is 0.521. The van der Waals surface area contributed by atoms with Crippen LogP contribution in [0.1, 0.15) is 18.9 Å². The van der Waals surface area contributed by atoms with Gasteiger partial charge in [-0.1, -0.05) is 0 Å². The number of H-pyrrole nitrogens is 1. The minimum atomic E-state index is -3.04. The second-order valence-corrected chi connectivity index (χ2v) is 8.29. The molecule has 7 heteroatoms. The monoisotopic (exact) mass is 314 g/mol. The second-order valence-electron chi connectivity index (χ2n) is 5.72. The van der Waals surface area contributed by atoms with Crippen LogP contribution in [0.2, 0.25) is 0 Å². The molecule has 1 N–H and O–H groups in total. The summed E-state index contributed by atoms with van der Waals surface area (Å²) in [4.78, 5) is 2.97. The largest absolute Gasteiger partial charge is 0.330 e. The Balaban J connectivity index is 2.30. The molecule has 1 aliphatic heterocycles. The Morgan fingerprint density at radius 1 is 1.45 bits per heavy atom. The summed E-state index contributed by atoms with van der Waals surface area (Å²) in [5.41, 5.74) is 1.31. The van der Waals surface area contributed by atoms with E-state index in [1.807, 2.05) is 11.5 Å². The molecule has 1 atom stereocenters. The SMILES string of the molecule is Cc1cc2c(cc1F)[nH]c(=S)n2C1(C)CCS(=O)(=O)C1. The summed E-state index contributed by atoms with van der Waals surface area (Å²) in [6, 6.07) is 3.12. The molecule has 1 fully saturated rings. The van der Waals surface area contributed by atoms with E-state index < -0.39 is 15.4 Å². The molecule has 0 bridgehead atoms. The molecule has 0 saturated carbocycles. The molecule has 1 aliphatic rings. The van der Waals surface area contributed by atoms with Gasteiger partial charge in [-0.3, -0.25) is 0 Å². The summed E-state index contributed by atoms with van der Waals surface area (Å²) in [6.45, 7) is 3.57. The van der Waals surface area contributed by atoms with E-state index in [9.17, 15) is 12.8 Å². The molecule has 0 amide bonds. The molecule has 1 aromatic carbocycles. The third-order valence-electron chi connectivity index (χ3n) is 3.98. The Labute approximate surface area is 121 Å². The zero-order valence-electron chi connectivity index (χ0n) is 11.2. The smallest absolute Gasteiger partial charge is 0.178 e. The van der Waals surface area contributed by atoms with Crippen molar-refractivity contribution in [2.45, 2.75) is 25.8 Å². The number of sulfone groups is 1. The topological polar surface area (TPSA) is 54.9 Å². The number of fused-ring (bicyclic) bond motifs is 1. The molecule has 20 heavy (non-hydrogen) atoms. The van der Waals surface area contributed by atoms with Gasteiger partial charge >= 0.3 is 0 Å². The van der Waals surface area contributed by atoms with Gasteiger partial charge in [0.05, 0.1) is 28.1 Å². The van der Waals surface area contributed by atoms with Crippen LogP contribution < -0.4 is 0 Å². The number of aromatic amines is 1. The number of hydrogen-bond donors (Lipinski definition) is 1. The first-order valence-electron chi connectivity index (χ1n) is 6.34. The Kier molecular flexibility index (Phi) is 2.85. The molecule has 1 aromatic heterocycles. The highest BCUT2D eigenvalue weighted by Gasteiger charge is 2.41. The fraction of sp³-hybridized carbons (Fsp3) is 0.462. The van der Waals surface area contributed by atoms with Crippen LogP contribution in [-0.4, -0.2) is 29.5 Å². The van der Waals surface area contributed by atoms with Crippen molar-refractivity contribution in [3.05, 3.63) is 28.3 Å². The van der Waals surface area contributed by atoms with Gasteiger partial charge in [-0.05, 0) is 50.2 Å². The summed E-state index contributed by atoms with van der Waals surface area (Å²) in [5, 5.41) is 0. The molecule has 2 aromatic rings. The van der Waals surface area contributed by atoms with Gasteiger partial charge in [0.2, 0.25) is 0 Å². The van der Waals surface area contributed by atoms with Crippen LogP contribution in [0.3, 0.4) is 0 Å². The molecule has 0 spiro atoms. The molecule has 0 radical (unpaired) electrons. The van der Waals surface area contributed by atoms with Gasteiger partial charge in [-0.15, -0.1) is 0 Å². The fourth-order valence-corrected chi connectivity index (χ4v) is 5.48. The Morgan fingerprint density at radius 3 is 2.75 bits per heavy atom. The predicted molar refractivity (Wildman–Crippen MR) is 78.7 cm³/mol. The third kappa shape index (κ3) is 2.00. The number of aryl methyl sites for hydroxylation is 1. The van der Waals surface area contributed by atoms with Crippen molar-refractivity contribution in [2.75, 3.05) is 11.5 Å². The Bertz CT molecular complexity index is 866. The highest BCUT2D eigenvalue weighted by atomic mass is 32.2. The maximum Gasteiger partial charge on any atom is 0.178 e. The molecule has 2 heterocycles. The normalized spacial score (nSPS) is 25.4. The van der Waals surface area contributed by atoms with Gasteiger partial charge in [0.15, 0.2) is 14.6 Å². The van der Waals surface area contributed by atoms with Crippen molar-refractivity contribution in [1.29, 1.82) is 0 Å². The summed E-state index contributed by atoms with van der Waals surface area (Å²) < 4.78 is 39.5. The van der Waals surface area contributed by atoms with E-state index in [4.69, 9.17) is 12.2 Å². The van der Waals surface area contributed by atoms with Crippen LogP contribution in [-0.2, 0) is 15.4 Å². The highest BCUT2D eigenvalue weighted by molar-refractivity contribution is 7.91. The summed E-state index contributed by atoms with van der Waals surface area (Å²) in [7, 11) is -3.04. The number of imidazole rings is 1. The van der Waals surface area contributed by atoms with E-state index in [0.29, 0.717) is 22.3 Å². The van der Waals surface area contributed by atoms with Gasteiger partial charge in [0.25, 0.3) is 0 Å². The minimum absolute atomic E-state index is 0.0671. The molecule has 1 unspecified atom stereocenters. The summed E-state index contributed by atoms with van der Waals surface area (Å²) >= 11 is 5.31. The number of nitrogens with zero attached hydrogens (tertiary/aromatic N) is 1. The molecular formula is C13H15FN2O2S2. The standard InChI is InChI=1S/C13H15FN2O2S2/c1-8-5-11-10(6-9(8)14)15-12(19)16(11)13(2)3-4-20(17,18)7-13/h5-6H,3-4,7H2,1-2H3,(H,15,19). The minimum Gasteiger partial charge on any atom is -0.330 e. The molecule has 4 nitrogen and oxygen atoms in total. The molecule has 108 valence electrons. The Morgan fingerprint density at radius 2 is 2.15 bits per heavy atom. The third-order valence-corrected chi connectivity index (χ3v) is 6.16. The van der Waals surface area contributed by atoms with Crippen LogP contribution in [0.15, 0.2) is 12.1 Å². The van der Waals surface area contributed by atoms with E-state index in [1.54, 1.807) is 13.0 Å². The van der Waals surface area contributed by atoms with Crippen molar-refractivity contribution in [2.24, 2.45) is 0 Å². The van der Waals surface area contributed by atoms with Crippen molar-refractivity contribution in [1.82, 2.24) is 9.55 Å². The van der Waals surface area contributed by atoms with Crippen molar-refractivity contribution in [3.8, 4) is 0 Å². The lowest BCUT2D eigenvalue weighted by Crippen LogP contribution is -2.31. The number of aromatic nitrogens is 2. The molecule has 0 aliphatic carbocycles. The van der Waals surface area contributed by atoms with E-state index in [-0.39, 0.29) is 17.3 Å². The van der Waals surface area contributed by atoms with Crippen LogP contribution in [0.25, 0.3) is 11.0 Å². The van der Waals surface area contributed by atoms with Crippen LogP contribution in [0.5, 0.6) is 0 Å². The van der Waals surface area contributed by atoms with Crippen LogP contribution >= 0.6 is 12.2 Å². The Hall–Kier alpha value is -1.21. The van der Waals surface area contributed by atoms with Crippen molar-refractivity contribution in [3.63, 3.8) is 0 Å². The van der Waals surface area contributed by atoms with Crippen molar-refractivity contribution >= 4 is 33.1 Å². The average molecular weight is 314 g/mol. The number of rotatable bonds is 1. The first-order chi connectivity index (χ1) is 9.22. The predicted octanol–water partition coefficient (Wildman–Crippen LogP) is 2.68. The van der Waals surface area contributed by atoms with E-state index in [0.717, 1.165) is 5.52 Å². The summed E-state index contributed by atoms with van der Waals surface area (Å²) in [5.74, 6) is -0.0689. The maximum absolute atomic E-state index is 13.6. The van der Waals surface area contributed by atoms with Gasteiger partial charge in [-0.2, -0.15) is 0 Å². The van der Waals surface area contributed by atoms with E-state index >= 15 is 0 Å². The highest BCUT2D eigenvalue weighted by Crippen LogP contribution is 2.34. The van der Waals surface area contributed by atoms with Crippen LogP contribution in [0.4, 0.5) is 4.39 Å².